The molecule has 1 saturated heterocycles. The Balaban J connectivity index is 2.18. The molecule has 6 nitrogen and oxygen atoms in total. The van der Waals surface area contributed by atoms with Crippen molar-refractivity contribution in [3.8, 4) is 5.75 Å². The van der Waals surface area contributed by atoms with Crippen LogP contribution in [0.25, 0.3) is 0 Å². The highest BCUT2D eigenvalue weighted by Gasteiger charge is 2.37. The lowest BCUT2D eigenvalue weighted by molar-refractivity contribution is -0.274. The van der Waals surface area contributed by atoms with Gasteiger partial charge in [0.2, 0.25) is 10.0 Å². The first kappa shape index (κ1) is 18.0. The molecule has 11 heteroatoms. The first-order chi connectivity index (χ1) is 10.4. The number of benzene rings is 1. The van der Waals surface area contributed by atoms with Gasteiger partial charge in [0.25, 0.3) is 0 Å². The molecule has 0 aliphatic carbocycles. The van der Waals surface area contributed by atoms with Crippen LogP contribution in [0.15, 0.2) is 29.2 Å². The fourth-order valence-electron chi connectivity index (χ4n) is 2.23. The molecule has 2 rings (SSSR count). The number of nitrogens with zero attached hydrogens (tertiary/aromatic N) is 1. The molecule has 0 aromatic heterocycles. The number of sulfonamides is 1. The van der Waals surface area contributed by atoms with E-state index in [0.717, 1.165) is 34.8 Å². The standard InChI is InChI=1S/C12H14F3NO5S2/c1-22(17,18)11-6-7-16(8-11)23(19,20)10-4-2-9(3-5-10)21-12(13,14)15/h2-5,11H,6-8H2,1H3/t11-/m0/s1. The molecule has 0 amide bonds. The minimum Gasteiger partial charge on any atom is -0.406 e. The Hall–Kier alpha value is -1.33. The van der Waals surface area contributed by atoms with Gasteiger partial charge in [0.1, 0.15) is 5.75 Å². The predicted molar refractivity (Wildman–Crippen MR) is 75.1 cm³/mol. The largest absolute Gasteiger partial charge is 0.573 e. The van der Waals surface area contributed by atoms with Crippen LogP contribution in [0.3, 0.4) is 0 Å². The molecule has 1 heterocycles. The van der Waals surface area contributed by atoms with E-state index in [1.54, 1.807) is 0 Å². The summed E-state index contributed by atoms with van der Waals surface area (Å²) in [7, 11) is -7.32. The third kappa shape index (κ3) is 4.36. The summed E-state index contributed by atoms with van der Waals surface area (Å²) < 4.78 is 88.6. The second-order valence-corrected chi connectivity index (χ2v) is 9.39. The second kappa shape index (κ2) is 5.95. The van der Waals surface area contributed by atoms with Crippen molar-refractivity contribution in [2.24, 2.45) is 0 Å². The van der Waals surface area contributed by atoms with E-state index in [1.807, 2.05) is 0 Å². The second-order valence-electron chi connectivity index (χ2n) is 5.12. The van der Waals surface area contributed by atoms with Crippen LogP contribution < -0.4 is 4.74 Å². The third-order valence-corrected chi connectivity index (χ3v) is 6.88. The monoisotopic (exact) mass is 373 g/mol. The van der Waals surface area contributed by atoms with E-state index in [-0.39, 0.29) is 24.4 Å². The molecule has 1 aliphatic heterocycles. The number of hydrogen-bond acceptors (Lipinski definition) is 5. The smallest absolute Gasteiger partial charge is 0.406 e. The van der Waals surface area contributed by atoms with Crippen LogP contribution in [0.5, 0.6) is 5.75 Å². The molecule has 0 N–H and O–H groups in total. The summed E-state index contributed by atoms with van der Waals surface area (Å²) in [6.45, 7) is -0.122. The summed E-state index contributed by atoms with van der Waals surface area (Å²) in [6.07, 6.45) is -3.64. The van der Waals surface area contributed by atoms with Gasteiger partial charge < -0.3 is 4.74 Å². The molecule has 0 bridgehead atoms. The molecule has 1 aromatic carbocycles. The zero-order valence-electron chi connectivity index (χ0n) is 11.9. The summed E-state index contributed by atoms with van der Waals surface area (Å²) in [5.41, 5.74) is 0. The van der Waals surface area contributed by atoms with Crippen LogP contribution in [-0.2, 0) is 19.9 Å². The van der Waals surface area contributed by atoms with Gasteiger partial charge in [-0.05, 0) is 30.7 Å². The zero-order valence-corrected chi connectivity index (χ0v) is 13.6. The quantitative estimate of drug-likeness (QED) is 0.797. The van der Waals surface area contributed by atoms with Gasteiger partial charge in [-0.15, -0.1) is 13.2 Å². The van der Waals surface area contributed by atoms with Gasteiger partial charge >= 0.3 is 6.36 Å². The van der Waals surface area contributed by atoms with Crippen LogP contribution in [0.4, 0.5) is 13.2 Å². The van der Waals surface area contributed by atoms with Gasteiger partial charge in [-0.3, -0.25) is 0 Å². The molecule has 130 valence electrons. The fraction of sp³-hybridized carbons (Fsp3) is 0.500. The first-order valence-electron chi connectivity index (χ1n) is 6.44. The van der Waals surface area contributed by atoms with Crippen molar-refractivity contribution in [3.05, 3.63) is 24.3 Å². The number of hydrogen-bond donors (Lipinski definition) is 0. The summed E-state index contributed by atoms with van der Waals surface area (Å²) in [5, 5.41) is -0.773. The Morgan fingerprint density at radius 3 is 2.13 bits per heavy atom. The highest BCUT2D eigenvalue weighted by atomic mass is 32.2. The van der Waals surface area contributed by atoms with Crippen molar-refractivity contribution in [2.75, 3.05) is 19.3 Å². The van der Waals surface area contributed by atoms with Gasteiger partial charge in [0, 0.05) is 19.3 Å². The number of sulfone groups is 1. The van der Waals surface area contributed by atoms with Gasteiger partial charge in [-0.2, -0.15) is 4.31 Å². The Kier molecular flexibility index (Phi) is 4.66. The average molecular weight is 373 g/mol. The lowest BCUT2D eigenvalue weighted by atomic mass is 10.3. The van der Waals surface area contributed by atoms with Crippen LogP contribution >= 0.6 is 0 Å². The summed E-state index contributed by atoms with van der Waals surface area (Å²) >= 11 is 0. The summed E-state index contributed by atoms with van der Waals surface area (Å²) in [5.74, 6) is -0.535. The number of alkyl halides is 3. The lowest BCUT2D eigenvalue weighted by Gasteiger charge is -2.16. The van der Waals surface area contributed by atoms with Crippen molar-refractivity contribution in [3.63, 3.8) is 0 Å². The first-order valence-corrected chi connectivity index (χ1v) is 9.84. The number of ether oxygens (including phenoxy) is 1. The van der Waals surface area contributed by atoms with E-state index >= 15 is 0 Å². The molecule has 1 aliphatic rings. The molecule has 1 atom stereocenters. The molecule has 0 unspecified atom stereocenters. The Bertz CT molecular complexity index is 772. The Morgan fingerprint density at radius 2 is 1.70 bits per heavy atom. The van der Waals surface area contributed by atoms with Crippen molar-refractivity contribution in [1.29, 1.82) is 0 Å². The van der Waals surface area contributed by atoms with Crippen LogP contribution in [0.1, 0.15) is 6.42 Å². The fourth-order valence-corrected chi connectivity index (χ4v) is 4.81. The van der Waals surface area contributed by atoms with Gasteiger partial charge in [0.05, 0.1) is 10.1 Å². The van der Waals surface area contributed by atoms with E-state index < -0.39 is 37.2 Å². The van der Waals surface area contributed by atoms with Crippen molar-refractivity contribution >= 4 is 19.9 Å². The van der Waals surface area contributed by atoms with Crippen LogP contribution in [-0.4, -0.2) is 52.1 Å². The third-order valence-electron chi connectivity index (χ3n) is 3.41. The molecule has 1 aromatic rings. The van der Waals surface area contributed by atoms with E-state index in [4.69, 9.17) is 0 Å². The predicted octanol–water partition coefficient (Wildman–Crippen LogP) is 1.39. The number of halogens is 3. The molecule has 1 fully saturated rings. The maximum Gasteiger partial charge on any atom is 0.573 e. The van der Waals surface area contributed by atoms with Gasteiger partial charge in [0.15, 0.2) is 9.84 Å². The van der Waals surface area contributed by atoms with E-state index in [2.05, 4.69) is 4.74 Å². The highest BCUT2D eigenvalue weighted by Crippen LogP contribution is 2.27. The van der Waals surface area contributed by atoms with E-state index in [9.17, 15) is 30.0 Å². The highest BCUT2D eigenvalue weighted by molar-refractivity contribution is 7.91. The van der Waals surface area contributed by atoms with Crippen LogP contribution in [0.2, 0.25) is 0 Å². The topological polar surface area (TPSA) is 80.8 Å². The molecule has 0 saturated carbocycles. The maximum absolute atomic E-state index is 12.4. The SMILES string of the molecule is CS(=O)(=O)[C@H]1CCN(S(=O)(=O)c2ccc(OC(F)(F)F)cc2)C1. The van der Waals surface area contributed by atoms with Crippen molar-refractivity contribution in [1.82, 2.24) is 4.31 Å². The maximum atomic E-state index is 12.4. The number of rotatable bonds is 4. The zero-order chi connectivity index (χ0) is 17.5. The molecule has 0 radical (unpaired) electrons. The molecule has 0 spiro atoms. The van der Waals surface area contributed by atoms with Crippen molar-refractivity contribution in [2.45, 2.75) is 22.9 Å². The van der Waals surface area contributed by atoms with E-state index in [0.29, 0.717) is 0 Å². The van der Waals surface area contributed by atoms with Crippen molar-refractivity contribution < 1.29 is 34.7 Å². The normalized spacial score (nSPS) is 20.6. The molecule has 23 heavy (non-hydrogen) atoms. The minimum absolute atomic E-state index is 0.0425. The van der Waals surface area contributed by atoms with Gasteiger partial charge in [-0.25, -0.2) is 16.8 Å². The lowest BCUT2D eigenvalue weighted by Crippen LogP contribution is -2.31. The molecular weight excluding hydrogens is 359 g/mol. The van der Waals surface area contributed by atoms with E-state index in [1.165, 1.54) is 0 Å². The molecular formula is C12H14F3NO5S2. The Labute approximate surface area is 131 Å². The Morgan fingerprint density at radius 1 is 1.13 bits per heavy atom. The van der Waals surface area contributed by atoms with Crippen LogP contribution in [0, 0.1) is 0 Å². The summed E-state index contributed by atoms with van der Waals surface area (Å²) in [6, 6.07) is 3.77. The average Bonchev–Trinajstić information content (AvgIpc) is 2.87. The summed E-state index contributed by atoms with van der Waals surface area (Å²) in [4.78, 5) is -0.221. The van der Waals surface area contributed by atoms with Gasteiger partial charge in [-0.1, -0.05) is 0 Å². The minimum atomic E-state index is -4.86.